The number of fused-ring (bicyclic) bond motifs is 1. The smallest absolute Gasteiger partial charge is 0.352 e. The Morgan fingerprint density at radius 1 is 1.41 bits per heavy atom. The number of rotatable bonds is 7. The SMILES string of the molecule is C=CC1=C(C(=O)O)N2C(=O)C(NC(=O)C(=O)c3cnc(NC=O)s3)[C@@H]2SC1. The highest BCUT2D eigenvalue weighted by atomic mass is 32.2. The lowest BCUT2D eigenvalue weighted by Crippen LogP contribution is -2.71. The van der Waals surface area contributed by atoms with Gasteiger partial charge in [0.15, 0.2) is 5.13 Å². The summed E-state index contributed by atoms with van der Waals surface area (Å²) in [5.74, 6) is -3.47. The molecule has 1 unspecified atom stereocenters. The first-order valence-electron chi connectivity index (χ1n) is 7.43. The van der Waals surface area contributed by atoms with E-state index >= 15 is 0 Å². The third-order valence-corrected chi connectivity index (χ3v) is 6.08. The number of nitrogens with zero attached hydrogens (tertiary/aromatic N) is 2. The molecule has 3 amide bonds. The van der Waals surface area contributed by atoms with Gasteiger partial charge in [0, 0.05) is 5.75 Å². The van der Waals surface area contributed by atoms with Crippen molar-refractivity contribution in [3.8, 4) is 0 Å². The predicted octanol–water partition coefficient (Wildman–Crippen LogP) is -0.181. The summed E-state index contributed by atoms with van der Waals surface area (Å²) in [6, 6.07) is -1.01. The molecule has 0 bridgehead atoms. The molecule has 27 heavy (non-hydrogen) atoms. The number of β-lactam (4-membered cyclic amide) rings is 1. The number of ketones is 1. The molecule has 3 rings (SSSR count). The van der Waals surface area contributed by atoms with Crippen molar-refractivity contribution in [3.05, 3.63) is 35.0 Å². The number of nitrogens with one attached hydrogen (secondary N) is 2. The zero-order chi connectivity index (χ0) is 19.7. The molecule has 3 heterocycles. The minimum absolute atomic E-state index is 0.00293. The van der Waals surface area contributed by atoms with Crippen molar-refractivity contribution in [2.24, 2.45) is 0 Å². The molecular weight excluding hydrogens is 396 g/mol. The van der Waals surface area contributed by atoms with Crippen LogP contribution in [0.25, 0.3) is 0 Å². The molecule has 2 aliphatic rings. The average molecular weight is 408 g/mol. The van der Waals surface area contributed by atoms with Gasteiger partial charge in [-0.1, -0.05) is 24.0 Å². The summed E-state index contributed by atoms with van der Waals surface area (Å²) >= 11 is 2.08. The highest BCUT2D eigenvalue weighted by Crippen LogP contribution is 2.40. The van der Waals surface area contributed by atoms with Gasteiger partial charge >= 0.3 is 5.97 Å². The number of thioether (sulfide) groups is 1. The first-order chi connectivity index (χ1) is 12.9. The molecule has 1 aromatic rings. The Balaban J connectivity index is 1.71. The summed E-state index contributed by atoms with van der Waals surface area (Å²) in [6.07, 6.45) is 2.91. The molecule has 2 aliphatic heterocycles. The number of carboxylic acids is 1. The van der Waals surface area contributed by atoms with Crippen LogP contribution in [0.4, 0.5) is 5.13 Å². The van der Waals surface area contributed by atoms with E-state index in [0.29, 0.717) is 17.7 Å². The van der Waals surface area contributed by atoms with E-state index in [2.05, 4.69) is 22.2 Å². The molecule has 140 valence electrons. The van der Waals surface area contributed by atoms with E-state index in [1.54, 1.807) is 0 Å². The van der Waals surface area contributed by atoms with Crippen LogP contribution < -0.4 is 10.6 Å². The number of anilines is 1. The number of allylic oxidation sites excluding steroid dienone is 1. The Labute approximate surface area is 160 Å². The van der Waals surface area contributed by atoms with E-state index in [1.807, 2.05) is 0 Å². The summed E-state index contributed by atoms with van der Waals surface area (Å²) in [6.45, 7) is 3.55. The zero-order valence-corrected chi connectivity index (χ0v) is 15.1. The van der Waals surface area contributed by atoms with Crippen molar-refractivity contribution >= 4 is 58.2 Å². The van der Waals surface area contributed by atoms with Gasteiger partial charge in [-0.25, -0.2) is 9.78 Å². The summed E-state index contributed by atoms with van der Waals surface area (Å²) in [5.41, 5.74) is 0.250. The van der Waals surface area contributed by atoms with Gasteiger partial charge in [0.1, 0.15) is 22.0 Å². The quantitative estimate of drug-likeness (QED) is 0.244. The van der Waals surface area contributed by atoms with Crippen LogP contribution >= 0.6 is 23.1 Å². The zero-order valence-electron chi connectivity index (χ0n) is 13.5. The third-order valence-electron chi connectivity index (χ3n) is 3.85. The van der Waals surface area contributed by atoms with Gasteiger partial charge in [0.25, 0.3) is 17.6 Å². The first-order valence-corrected chi connectivity index (χ1v) is 9.30. The van der Waals surface area contributed by atoms with Crippen molar-refractivity contribution in [1.82, 2.24) is 15.2 Å². The molecule has 12 heteroatoms. The van der Waals surface area contributed by atoms with E-state index in [-0.39, 0.29) is 15.7 Å². The number of aliphatic carboxylic acids is 1. The van der Waals surface area contributed by atoms with E-state index in [9.17, 15) is 29.1 Å². The fraction of sp³-hybridized carbons (Fsp3) is 0.200. The average Bonchev–Trinajstić information content (AvgIpc) is 3.12. The van der Waals surface area contributed by atoms with Crippen LogP contribution in [0.5, 0.6) is 0 Å². The summed E-state index contributed by atoms with van der Waals surface area (Å²) in [7, 11) is 0. The van der Waals surface area contributed by atoms with Crippen LogP contribution in [0.2, 0.25) is 0 Å². The van der Waals surface area contributed by atoms with Gasteiger partial charge < -0.3 is 15.7 Å². The fourth-order valence-corrected chi connectivity index (χ4v) is 4.67. The molecule has 0 aliphatic carbocycles. The standard InChI is InChI=1S/C15H12N4O6S2/c1-2-6-4-26-13-8(12(23)19(13)9(6)14(24)25)18-11(22)10(21)7-3-16-15(27-7)17-5-20/h2-3,5,8,13H,1,4H2,(H,18,22)(H,24,25)(H,16,17,20)/t8?,13-/m0/s1. The van der Waals surface area contributed by atoms with Gasteiger partial charge in [-0.2, -0.15) is 0 Å². The van der Waals surface area contributed by atoms with Crippen molar-refractivity contribution in [3.63, 3.8) is 0 Å². The van der Waals surface area contributed by atoms with Gasteiger partial charge in [-0.05, 0) is 5.57 Å². The predicted molar refractivity (Wildman–Crippen MR) is 96.0 cm³/mol. The Bertz CT molecular complexity index is 908. The normalized spacial score (nSPS) is 21.0. The summed E-state index contributed by atoms with van der Waals surface area (Å²) < 4.78 is 0. The van der Waals surface area contributed by atoms with Crippen molar-refractivity contribution < 1.29 is 29.1 Å². The van der Waals surface area contributed by atoms with Gasteiger partial charge in [0.2, 0.25) is 6.41 Å². The molecule has 0 saturated carbocycles. The monoisotopic (exact) mass is 408 g/mol. The number of hydrogen-bond acceptors (Lipinski definition) is 8. The lowest BCUT2D eigenvalue weighted by Gasteiger charge is -2.49. The van der Waals surface area contributed by atoms with Crippen molar-refractivity contribution in [2.75, 3.05) is 11.1 Å². The number of amides is 3. The molecule has 1 saturated heterocycles. The number of aromatic nitrogens is 1. The van der Waals surface area contributed by atoms with Crippen LogP contribution in [0, 0.1) is 0 Å². The fourth-order valence-electron chi connectivity index (χ4n) is 2.61. The summed E-state index contributed by atoms with van der Waals surface area (Å²) in [5, 5.41) is 13.5. The third kappa shape index (κ3) is 3.24. The largest absolute Gasteiger partial charge is 0.477 e. The Kier molecular flexibility index (Phi) is 5.10. The minimum Gasteiger partial charge on any atom is -0.477 e. The molecular formula is C15H12N4O6S2. The Morgan fingerprint density at radius 3 is 2.78 bits per heavy atom. The summed E-state index contributed by atoms with van der Waals surface area (Å²) in [4.78, 5) is 63.4. The molecule has 10 nitrogen and oxygen atoms in total. The Hall–Kier alpha value is -2.99. The van der Waals surface area contributed by atoms with Crippen LogP contribution in [0.1, 0.15) is 9.67 Å². The second-order valence-corrected chi connectivity index (χ2v) is 7.50. The topological polar surface area (TPSA) is 146 Å². The second-order valence-electron chi connectivity index (χ2n) is 5.37. The highest BCUT2D eigenvalue weighted by molar-refractivity contribution is 8.00. The molecule has 0 aromatic carbocycles. The molecule has 3 N–H and O–H groups in total. The number of Topliss-reactive ketones (excluding diaryl/α,β-unsaturated/α-hetero) is 1. The van der Waals surface area contributed by atoms with Gasteiger partial charge in [-0.3, -0.25) is 24.1 Å². The van der Waals surface area contributed by atoms with Crippen LogP contribution in [-0.2, 0) is 19.2 Å². The van der Waals surface area contributed by atoms with Crippen molar-refractivity contribution in [1.29, 1.82) is 0 Å². The number of thiazole rings is 1. The maximum atomic E-state index is 12.4. The highest BCUT2D eigenvalue weighted by Gasteiger charge is 2.54. The van der Waals surface area contributed by atoms with Crippen LogP contribution in [0.3, 0.4) is 0 Å². The van der Waals surface area contributed by atoms with Gasteiger partial charge in [-0.15, -0.1) is 11.8 Å². The lowest BCUT2D eigenvalue weighted by atomic mass is 10.0. The van der Waals surface area contributed by atoms with E-state index in [0.717, 1.165) is 22.4 Å². The first kappa shape index (κ1) is 18.8. The second kappa shape index (κ2) is 7.32. The van der Waals surface area contributed by atoms with Gasteiger partial charge in [0.05, 0.1) is 6.20 Å². The molecule has 0 spiro atoms. The molecule has 1 fully saturated rings. The van der Waals surface area contributed by atoms with Crippen LogP contribution in [-0.4, -0.2) is 62.1 Å². The molecule has 1 aromatic heterocycles. The maximum absolute atomic E-state index is 12.4. The van der Waals surface area contributed by atoms with Crippen molar-refractivity contribution in [2.45, 2.75) is 11.4 Å². The van der Waals surface area contributed by atoms with E-state index in [1.165, 1.54) is 17.8 Å². The maximum Gasteiger partial charge on any atom is 0.352 e. The number of hydrogen-bond donors (Lipinski definition) is 3. The number of carbonyl (C=O) groups excluding carboxylic acids is 4. The lowest BCUT2D eigenvalue weighted by molar-refractivity contribution is -0.150. The Morgan fingerprint density at radius 2 is 2.15 bits per heavy atom. The minimum atomic E-state index is -1.26. The van der Waals surface area contributed by atoms with Crippen LogP contribution in [0.15, 0.2) is 30.1 Å². The molecule has 2 atom stereocenters. The van der Waals surface area contributed by atoms with E-state index in [4.69, 9.17) is 0 Å². The van der Waals surface area contributed by atoms with E-state index < -0.39 is 35.0 Å². The number of carboxylic acid groups (broad SMARTS) is 1. The number of carbonyl (C=O) groups is 5. The molecule has 0 radical (unpaired) electrons.